The maximum Gasteiger partial charge on any atom is 0.338 e. The first-order valence-corrected chi connectivity index (χ1v) is 13.5. The SMILES string of the molecule is CC(=O)CCC(=O)O[C@@H]1[C@@H](OC(=O)c2ccccc2)[C@H]([C@@H](COC(=O)c2ccccc2)OC(=O)c2ccccc2)O[C@H]1O. The molecule has 1 heterocycles. The first-order valence-electron chi connectivity index (χ1n) is 13.5. The molecule has 11 nitrogen and oxygen atoms in total. The Bertz CT molecular complexity index is 1410. The number of hydrogen-bond donors (Lipinski definition) is 1. The van der Waals surface area contributed by atoms with Crippen LogP contribution in [-0.4, -0.2) is 72.1 Å². The van der Waals surface area contributed by atoms with Crippen LogP contribution in [-0.2, 0) is 33.3 Å². The number of aliphatic hydroxyl groups excluding tert-OH is 1. The van der Waals surface area contributed by atoms with Gasteiger partial charge in [0.15, 0.2) is 24.6 Å². The average molecular weight is 591 g/mol. The minimum atomic E-state index is -1.82. The number of ketones is 1. The van der Waals surface area contributed by atoms with Crippen LogP contribution in [0.5, 0.6) is 0 Å². The van der Waals surface area contributed by atoms with Gasteiger partial charge in [0.1, 0.15) is 18.5 Å². The molecule has 1 aliphatic heterocycles. The lowest BCUT2D eigenvalue weighted by atomic mass is 10.0. The van der Waals surface area contributed by atoms with Crippen molar-refractivity contribution in [2.24, 2.45) is 0 Å². The quantitative estimate of drug-likeness (QED) is 0.244. The van der Waals surface area contributed by atoms with Crippen molar-refractivity contribution >= 4 is 29.7 Å². The van der Waals surface area contributed by atoms with E-state index in [0.29, 0.717) is 0 Å². The van der Waals surface area contributed by atoms with Crippen molar-refractivity contribution in [3.63, 3.8) is 0 Å². The van der Waals surface area contributed by atoms with Crippen molar-refractivity contribution < 1.29 is 52.8 Å². The summed E-state index contributed by atoms with van der Waals surface area (Å²) in [4.78, 5) is 62.8. The Morgan fingerprint density at radius 1 is 0.698 bits per heavy atom. The van der Waals surface area contributed by atoms with Crippen molar-refractivity contribution in [2.75, 3.05) is 6.61 Å². The number of hydrogen-bond acceptors (Lipinski definition) is 11. The van der Waals surface area contributed by atoms with Crippen molar-refractivity contribution in [1.29, 1.82) is 0 Å². The fourth-order valence-electron chi connectivity index (χ4n) is 4.27. The molecule has 43 heavy (non-hydrogen) atoms. The second-order valence-corrected chi connectivity index (χ2v) is 9.66. The zero-order chi connectivity index (χ0) is 30.8. The third-order valence-corrected chi connectivity index (χ3v) is 6.45. The minimum Gasteiger partial charge on any atom is -0.458 e. The van der Waals surface area contributed by atoms with E-state index in [9.17, 15) is 29.1 Å². The third kappa shape index (κ3) is 8.57. The first-order chi connectivity index (χ1) is 20.7. The van der Waals surface area contributed by atoms with Crippen LogP contribution in [0, 0.1) is 0 Å². The lowest BCUT2D eigenvalue weighted by molar-refractivity contribution is -0.176. The number of aliphatic hydroxyl groups is 1. The standard InChI is InChI=1S/C32H30O11/c1-20(33)17-18-25(34)41-28-27(43-31(37)23-15-9-4-10-16-23)26(42-32(28)38)24(40-30(36)22-13-7-3-8-14-22)19-39-29(35)21-11-5-2-6-12-21/h2-16,24,26-28,32,38H,17-19H2,1H3/t24-,26+,27+,28-,32-/m1/s1. The summed E-state index contributed by atoms with van der Waals surface area (Å²) in [5.74, 6) is -3.48. The molecular weight excluding hydrogens is 560 g/mol. The zero-order valence-corrected chi connectivity index (χ0v) is 23.2. The van der Waals surface area contributed by atoms with Gasteiger partial charge in [-0.3, -0.25) is 4.79 Å². The number of carbonyl (C=O) groups is 5. The molecule has 0 saturated carbocycles. The molecule has 0 unspecified atom stereocenters. The van der Waals surface area contributed by atoms with E-state index >= 15 is 0 Å². The van der Waals surface area contributed by atoms with Gasteiger partial charge >= 0.3 is 23.9 Å². The van der Waals surface area contributed by atoms with Crippen molar-refractivity contribution in [1.82, 2.24) is 0 Å². The van der Waals surface area contributed by atoms with Crippen molar-refractivity contribution in [3.05, 3.63) is 108 Å². The first kappa shape index (κ1) is 31.1. The molecule has 1 aliphatic rings. The summed E-state index contributed by atoms with van der Waals surface area (Å²) in [5.41, 5.74) is 0.551. The van der Waals surface area contributed by atoms with E-state index in [0.717, 1.165) is 0 Å². The lowest BCUT2D eigenvalue weighted by Crippen LogP contribution is -2.47. The third-order valence-electron chi connectivity index (χ3n) is 6.45. The minimum absolute atomic E-state index is 0.104. The fraction of sp³-hybridized carbons (Fsp3) is 0.281. The van der Waals surface area contributed by atoms with Gasteiger partial charge in [0.05, 0.1) is 23.1 Å². The zero-order valence-electron chi connectivity index (χ0n) is 23.2. The van der Waals surface area contributed by atoms with Crippen molar-refractivity contribution in [2.45, 2.75) is 50.5 Å². The topological polar surface area (TPSA) is 152 Å². The molecule has 1 saturated heterocycles. The maximum atomic E-state index is 13.1. The molecular formula is C32H30O11. The van der Waals surface area contributed by atoms with Gasteiger partial charge < -0.3 is 33.6 Å². The number of carbonyl (C=O) groups excluding carboxylic acids is 5. The monoisotopic (exact) mass is 590 g/mol. The van der Waals surface area contributed by atoms with Crippen LogP contribution in [0.3, 0.4) is 0 Å². The van der Waals surface area contributed by atoms with E-state index in [2.05, 4.69) is 0 Å². The highest BCUT2D eigenvalue weighted by Gasteiger charge is 2.53. The van der Waals surface area contributed by atoms with E-state index in [1.54, 1.807) is 54.6 Å². The summed E-state index contributed by atoms with van der Waals surface area (Å²) < 4.78 is 27.8. The van der Waals surface area contributed by atoms with Crippen LogP contribution in [0.15, 0.2) is 91.0 Å². The average Bonchev–Trinajstić information content (AvgIpc) is 3.32. The molecule has 1 N–H and O–H groups in total. The van der Waals surface area contributed by atoms with Gasteiger partial charge in [0.2, 0.25) is 0 Å². The van der Waals surface area contributed by atoms with E-state index in [1.165, 1.54) is 43.3 Å². The smallest absolute Gasteiger partial charge is 0.338 e. The normalized spacial score (nSPS) is 20.0. The van der Waals surface area contributed by atoms with Gasteiger partial charge in [-0.15, -0.1) is 0 Å². The molecule has 0 bridgehead atoms. The second-order valence-electron chi connectivity index (χ2n) is 9.66. The number of esters is 4. The molecule has 0 aliphatic carbocycles. The summed E-state index contributed by atoms with van der Waals surface area (Å²) in [6.07, 6.45) is -8.14. The summed E-state index contributed by atoms with van der Waals surface area (Å²) in [5, 5.41) is 10.8. The van der Waals surface area contributed by atoms with Crippen LogP contribution >= 0.6 is 0 Å². The predicted molar refractivity (Wildman–Crippen MR) is 149 cm³/mol. The molecule has 0 spiro atoms. The fourth-order valence-corrected chi connectivity index (χ4v) is 4.27. The van der Waals surface area contributed by atoms with Gasteiger partial charge in [-0.2, -0.15) is 0 Å². The Balaban J connectivity index is 1.62. The lowest BCUT2D eigenvalue weighted by Gasteiger charge is -2.28. The molecule has 5 atom stereocenters. The Morgan fingerprint density at radius 3 is 1.74 bits per heavy atom. The van der Waals surface area contributed by atoms with Gasteiger partial charge in [-0.05, 0) is 43.3 Å². The molecule has 0 radical (unpaired) electrons. The molecule has 3 aromatic rings. The number of benzene rings is 3. The Kier molecular flexibility index (Phi) is 10.7. The van der Waals surface area contributed by atoms with Gasteiger partial charge in [-0.25, -0.2) is 14.4 Å². The molecule has 224 valence electrons. The summed E-state index contributed by atoms with van der Waals surface area (Å²) in [6, 6.07) is 23.9. The van der Waals surface area contributed by atoms with Crippen LogP contribution in [0.2, 0.25) is 0 Å². The highest BCUT2D eigenvalue weighted by atomic mass is 16.7. The summed E-state index contributed by atoms with van der Waals surface area (Å²) in [7, 11) is 0. The summed E-state index contributed by atoms with van der Waals surface area (Å²) in [6.45, 7) is 0.748. The molecule has 3 aromatic carbocycles. The molecule has 11 heteroatoms. The Hall–Kier alpha value is -4.87. The largest absolute Gasteiger partial charge is 0.458 e. The Labute approximate surface area is 247 Å². The van der Waals surface area contributed by atoms with Crippen LogP contribution in [0.25, 0.3) is 0 Å². The van der Waals surface area contributed by atoms with E-state index in [-0.39, 0.29) is 35.3 Å². The van der Waals surface area contributed by atoms with Crippen molar-refractivity contribution in [3.8, 4) is 0 Å². The Morgan fingerprint density at radius 2 is 1.21 bits per heavy atom. The van der Waals surface area contributed by atoms with Crippen LogP contribution < -0.4 is 0 Å². The molecule has 0 amide bonds. The molecule has 4 rings (SSSR count). The highest BCUT2D eigenvalue weighted by Crippen LogP contribution is 2.31. The molecule has 1 fully saturated rings. The molecule has 0 aromatic heterocycles. The number of Topliss-reactive ketones (excluding diaryl/α,β-unsaturated/α-hetero) is 1. The maximum absolute atomic E-state index is 13.1. The van der Waals surface area contributed by atoms with Crippen LogP contribution in [0.4, 0.5) is 0 Å². The number of ether oxygens (including phenoxy) is 5. The van der Waals surface area contributed by atoms with Gasteiger partial charge in [0.25, 0.3) is 0 Å². The van der Waals surface area contributed by atoms with Gasteiger partial charge in [0, 0.05) is 6.42 Å². The summed E-state index contributed by atoms with van der Waals surface area (Å²) >= 11 is 0. The van der Waals surface area contributed by atoms with Crippen LogP contribution in [0.1, 0.15) is 50.8 Å². The predicted octanol–water partition coefficient (Wildman–Crippen LogP) is 3.29. The van der Waals surface area contributed by atoms with E-state index < -0.39 is 61.2 Å². The highest BCUT2D eigenvalue weighted by molar-refractivity contribution is 5.91. The number of rotatable bonds is 12. The van der Waals surface area contributed by atoms with E-state index in [1.807, 2.05) is 0 Å². The second kappa shape index (κ2) is 14.9. The van der Waals surface area contributed by atoms with Gasteiger partial charge in [-0.1, -0.05) is 54.6 Å². The van der Waals surface area contributed by atoms with E-state index in [4.69, 9.17) is 23.7 Å².